The predicted octanol–water partition coefficient (Wildman–Crippen LogP) is 2.70. The number of carbonyl (C=O) groups is 2. The summed E-state index contributed by atoms with van der Waals surface area (Å²) >= 11 is 1.04. The summed E-state index contributed by atoms with van der Waals surface area (Å²) in [7, 11) is 0. The summed E-state index contributed by atoms with van der Waals surface area (Å²) in [5.41, 5.74) is 5.06. The van der Waals surface area contributed by atoms with E-state index >= 15 is 0 Å². The molecule has 0 spiro atoms. The quantitative estimate of drug-likeness (QED) is 0.494. The Hall–Kier alpha value is -3.45. The smallest absolute Gasteiger partial charge is 0.277 e. The molecule has 0 saturated carbocycles. The van der Waals surface area contributed by atoms with Gasteiger partial charge >= 0.3 is 0 Å². The average molecular weight is 393 g/mol. The van der Waals surface area contributed by atoms with Crippen molar-refractivity contribution in [3.05, 3.63) is 76.5 Å². The van der Waals surface area contributed by atoms with E-state index in [2.05, 4.69) is 10.5 Å². The monoisotopic (exact) mass is 393 g/mol. The number of carboxylic acid groups (broad SMARTS) is 1. The predicted molar refractivity (Wildman–Crippen MR) is 106 cm³/mol. The van der Waals surface area contributed by atoms with Crippen molar-refractivity contribution in [1.82, 2.24) is 5.43 Å². The highest BCUT2D eigenvalue weighted by atomic mass is 32.1. The van der Waals surface area contributed by atoms with Crippen molar-refractivity contribution in [1.29, 1.82) is 0 Å². The fraction of sp³-hybridized carbons (Fsp3) is 0.0952. The number of carboxylic acids is 1. The first-order valence-electron chi connectivity index (χ1n) is 8.46. The Morgan fingerprint density at radius 3 is 2.25 bits per heavy atom. The third kappa shape index (κ3) is 5.05. The van der Waals surface area contributed by atoms with Gasteiger partial charge < -0.3 is 14.6 Å². The zero-order valence-electron chi connectivity index (χ0n) is 15.0. The minimum atomic E-state index is -1.24. The third-order valence-electron chi connectivity index (χ3n) is 3.84. The van der Waals surface area contributed by atoms with Gasteiger partial charge in [0.05, 0.1) is 21.4 Å². The highest BCUT2D eigenvalue weighted by Gasteiger charge is 2.06. The summed E-state index contributed by atoms with van der Waals surface area (Å²) in [4.78, 5) is 23.5. The van der Waals surface area contributed by atoms with E-state index in [1.807, 2.05) is 42.5 Å². The van der Waals surface area contributed by atoms with E-state index in [0.717, 1.165) is 22.5 Å². The van der Waals surface area contributed by atoms with Gasteiger partial charge in [-0.1, -0.05) is 42.5 Å². The molecule has 0 fully saturated rings. The highest BCUT2D eigenvalue weighted by molar-refractivity contribution is 7.15. The number of nitrogens with one attached hydrogen (secondary N) is 1. The number of rotatable bonds is 7. The van der Waals surface area contributed by atoms with Crippen LogP contribution in [0.3, 0.4) is 0 Å². The minimum Gasteiger partial charge on any atom is -0.544 e. The Bertz CT molecular complexity index is 995. The summed E-state index contributed by atoms with van der Waals surface area (Å²) in [6.45, 7) is 1.49. The number of hydrogen-bond donors (Lipinski definition) is 1. The molecular formula is C21H17N2O4S-. The standard InChI is InChI=1S/C21H18N2O4S/c1-14(18-11-12-19(28-18)21(25)26)22-23-20(24)13-27-17-9-7-16(8-10-17)15-5-3-2-4-6-15/h2-12H,13H2,1H3,(H,23,24)(H,25,26)/p-1/b22-14-. The Kier molecular flexibility index (Phi) is 6.18. The van der Waals surface area contributed by atoms with Crippen LogP contribution < -0.4 is 15.3 Å². The first kappa shape index (κ1) is 19.3. The van der Waals surface area contributed by atoms with E-state index in [1.54, 1.807) is 25.1 Å². The zero-order valence-corrected chi connectivity index (χ0v) is 15.9. The van der Waals surface area contributed by atoms with Crippen LogP contribution >= 0.6 is 11.3 Å². The van der Waals surface area contributed by atoms with Gasteiger partial charge in [-0.2, -0.15) is 5.10 Å². The van der Waals surface area contributed by atoms with Crippen LogP contribution in [0.15, 0.2) is 71.8 Å². The molecule has 1 aromatic heterocycles. The van der Waals surface area contributed by atoms with E-state index in [4.69, 9.17) is 4.74 Å². The number of amides is 1. The van der Waals surface area contributed by atoms with Crippen molar-refractivity contribution >= 4 is 28.9 Å². The number of hydrogen-bond acceptors (Lipinski definition) is 6. The molecule has 0 atom stereocenters. The number of carbonyl (C=O) groups excluding carboxylic acids is 2. The van der Waals surface area contributed by atoms with Crippen LogP contribution in [0.1, 0.15) is 21.5 Å². The Morgan fingerprint density at radius 1 is 0.964 bits per heavy atom. The first-order chi connectivity index (χ1) is 13.5. The molecule has 3 aromatic rings. The maximum Gasteiger partial charge on any atom is 0.277 e. The van der Waals surface area contributed by atoms with Gasteiger partial charge in [0.1, 0.15) is 5.75 Å². The van der Waals surface area contributed by atoms with Crippen LogP contribution in [0.5, 0.6) is 5.75 Å². The van der Waals surface area contributed by atoms with Crippen molar-refractivity contribution in [2.45, 2.75) is 6.92 Å². The number of benzene rings is 2. The minimum absolute atomic E-state index is 0.109. The first-order valence-corrected chi connectivity index (χ1v) is 9.27. The maximum absolute atomic E-state index is 11.9. The molecule has 7 heteroatoms. The second kappa shape index (κ2) is 8.96. The summed E-state index contributed by atoms with van der Waals surface area (Å²) in [5.74, 6) is -1.07. The van der Waals surface area contributed by atoms with Crippen molar-refractivity contribution in [2.24, 2.45) is 5.10 Å². The van der Waals surface area contributed by atoms with Crippen LogP contribution in [-0.4, -0.2) is 24.2 Å². The lowest BCUT2D eigenvalue weighted by molar-refractivity contribution is -0.254. The van der Waals surface area contributed by atoms with Gasteiger partial charge in [-0.25, -0.2) is 5.43 Å². The normalized spacial score (nSPS) is 11.1. The molecule has 1 heterocycles. The fourth-order valence-corrected chi connectivity index (χ4v) is 3.18. The molecular weight excluding hydrogens is 376 g/mol. The van der Waals surface area contributed by atoms with Crippen molar-refractivity contribution in [3.8, 4) is 16.9 Å². The van der Waals surface area contributed by atoms with Crippen LogP contribution in [0.4, 0.5) is 0 Å². The van der Waals surface area contributed by atoms with E-state index < -0.39 is 11.9 Å². The van der Waals surface area contributed by atoms with Crippen molar-refractivity contribution in [2.75, 3.05) is 6.61 Å². The van der Waals surface area contributed by atoms with Gasteiger partial charge in [-0.05, 0) is 42.3 Å². The topological polar surface area (TPSA) is 90.8 Å². The fourth-order valence-electron chi connectivity index (χ4n) is 2.40. The Morgan fingerprint density at radius 2 is 1.61 bits per heavy atom. The number of thiophene rings is 1. The number of nitrogens with zero attached hydrogens (tertiary/aromatic N) is 1. The molecule has 0 bridgehead atoms. The van der Waals surface area contributed by atoms with Gasteiger partial charge in [0.25, 0.3) is 5.91 Å². The lowest BCUT2D eigenvalue weighted by Crippen LogP contribution is -2.25. The molecule has 3 rings (SSSR count). The third-order valence-corrected chi connectivity index (χ3v) is 5.02. The molecule has 142 valence electrons. The van der Waals surface area contributed by atoms with Gasteiger partial charge in [0.15, 0.2) is 6.61 Å². The van der Waals surface area contributed by atoms with Gasteiger partial charge in [-0.15, -0.1) is 11.3 Å². The molecule has 28 heavy (non-hydrogen) atoms. The van der Waals surface area contributed by atoms with Crippen molar-refractivity contribution < 1.29 is 19.4 Å². The summed E-state index contributed by atoms with van der Waals surface area (Å²) in [5, 5.41) is 14.8. The molecule has 0 aliphatic rings. The summed E-state index contributed by atoms with van der Waals surface area (Å²) in [6.07, 6.45) is 0. The van der Waals surface area contributed by atoms with E-state index in [1.165, 1.54) is 6.07 Å². The molecule has 1 N–H and O–H groups in total. The lowest BCUT2D eigenvalue weighted by Gasteiger charge is -2.07. The largest absolute Gasteiger partial charge is 0.544 e. The number of aromatic carboxylic acids is 1. The molecule has 0 radical (unpaired) electrons. The second-order valence-electron chi connectivity index (χ2n) is 5.86. The second-order valence-corrected chi connectivity index (χ2v) is 6.95. The molecule has 0 aliphatic carbocycles. The Labute approximate surface area is 166 Å². The van der Waals surface area contributed by atoms with Gasteiger partial charge in [-0.3, -0.25) is 4.79 Å². The molecule has 0 saturated heterocycles. The maximum atomic E-state index is 11.9. The van der Waals surface area contributed by atoms with Gasteiger partial charge in [0.2, 0.25) is 0 Å². The molecule has 2 aromatic carbocycles. The molecule has 1 amide bonds. The van der Waals surface area contributed by atoms with Crippen molar-refractivity contribution in [3.63, 3.8) is 0 Å². The molecule has 0 aliphatic heterocycles. The number of ether oxygens (including phenoxy) is 1. The van der Waals surface area contributed by atoms with E-state index in [-0.39, 0.29) is 11.5 Å². The summed E-state index contributed by atoms with van der Waals surface area (Å²) < 4.78 is 5.47. The SMILES string of the molecule is C/C(=N/NC(=O)COc1ccc(-c2ccccc2)cc1)c1ccc(C(=O)[O-])s1. The summed E-state index contributed by atoms with van der Waals surface area (Å²) in [6, 6.07) is 20.5. The van der Waals surface area contributed by atoms with E-state index in [9.17, 15) is 14.7 Å². The number of hydrazone groups is 1. The van der Waals surface area contributed by atoms with Crippen LogP contribution in [0.2, 0.25) is 0 Å². The van der Waals surface area contributed by atoms with E-state index in [0.29, 0.717) is 16.3 Å². The Balaban J connectivity index is 1.51. The molecule has 0 unspecified atom stereocenters. The molecule has 6 nitrogen and oxygen atoms in total. The van der Waals surface area contributed by atoms with Crippen LogP contribution in [0, 0.1) is 0 Å². The zero-order chi connectivity index (χ0) is 19.9. The van der Waals surface area contributed by atoms with Gasteiger partial charge in [0, 0.05) is 0 Å². The van der Waals surface area contributed by atoms with Crippen LogP contribution in [0.25, 0.3) is 11.1 Å². The highest BCUT2D eigenvalue weighted by Crippen LogP contribution is 2.22. The lowest BCUT2D eigenvalue weighted by atomic mass is 10.1. The average Bonchev–Trinajstić information content (AvgIpc) is 3.22. The van der Waals surface area contributed by atoms with Crippen LogP contribution in [-0.2, 0) is 4.79 Å².